The van der Waals surface area contributed by atoms with Gasteiger partial charge in [-0.05, 0) is 12.1 Å². The summed E-state index contributed by atoms with van der Waals surface area (Å²) in [6, 6.07) is 5.31. The van der Waals surface area contributed by atoms with Crippen LogP contribution in [0, 0.1) is 5.82 Å². The summed E-state index contributed by atoms with van der Waals surface area (Å²) < 4.78 is 18.3. The molecule has 0 radical (unpaired) electrons. The van der Waals surface area contributed by atoms with Gasteiger partial charge in [-0.1, -0.05) is 34.8 Å². The highest BCUT2D eigenvalue weighted by Crippen LogP contribution is 2.30. The Morgan fingerprint density at radius 3 is 2.53 bits per heavy atom. The third-order valence-electron chi connectivity index (χ3n) is 1.81. The molecule has 0 spiro atoms. The lowest BCUT2D eigenvalue weighted by Gasteiger charge is -2.07. The summed E-state index contributed by atoms with van der Waals surface area (Å²) >= 11 is 17.0. The number of ether oxygens (including phenoxy) is 1. The number of nitrogens with zero attached hydrogens (tertiary/aromatic N) is 2. The van der Waals surface area contributed by atoms with Crippen LogP contribution in [-0.4, -0.2) is 10.2 Å². The number of aromatic nitrogens is 2. The highest BCUT2D eigenvalue weighted by Gasteiger charge is 2.08. The van der Waals surface area contributed by atoms with Crippen molar-refractivity contribution in [1.82, 2.24) is 10.2 Å². The van der Waals surface area contributed by atoms with Crippen molar-refractivity contribution in [3.63, 3.8) is 0 Å². The lowest BCUT2D eigenvalue weighted by molar-refractivity contribution is 0.477. The van der Waals surface area contributed by atoms with Crippen LogP contribution < -0.4 is 4.74 Å². The van der Waals surface area contributed by atoms with Crippen molar-refractivity contribution in [1.29, 1.82) is 0 Å². The molecule has 0 fully saturated rings. The minimum absolute atomic E-state index is 0.0493. The highest BCUT2D eigenvalue weighted by atomic mass is 35.5. The molecule has 0 aliphatic heterocycles. The van der Waals surface area contributed by atoms with Gasteiger partial charge in [0.05, 0.1) is 5.02 Å². The van der Waals surface area contributed by atoms with Crippen molar-refractivity contribution in [2.75, 3.05) is 0 Å². The van der Waals surface area contributed by atoms with E-state index in [-0.39, 0.29) is 21.1 Å². The fraction of sp³-hybridized carbons (Fsp3) is 0. The van der Waals surface area contributed by atoms with Gasteiger partial charge in [0.15, 0.2) is 16.1 Å². The molecule has 1 aromatic carbocycles. The van der Waals surface area contributed by atoms with Crippen molar-refractivity contribution >= 4 is 34.8 Å². The standard InChI is InChI=1S/C10H4Cl3FN2O/c11-6-3-5(1-2-7(6)14)17-8-4-9(12)15-16-10(8)13/h1-4H. The molecule has 2 aromatic rings. The molecule has 0 N–H and O–H groups in total. The van der Waals surface area contributed by atoms with Gasteiger partial charge in [-0.2, -0.15) is 0 Å². The molecule has 0 amide bonds. The van der Waals surface area contributed by atoms with Crippen LogP contribution in [0.4, 0.5) is 4.39 Å². The van der Waals surface area contributed by atoms with Crippen molar-refractivity contribution in [3.8, 4) is 11.5 Å². The third kappa shape index (κ3) is 2.97. The Labute approximate surface area is 111 Å². The number of hydrogen-bond donors (Lipinski definition) is 0. The average Bonchev–Trinajstić information content (AvgIpc) is 2.29. The highest BCUT2D eigenvalue weighted by molar-refractivity contribution is 6.32. The first-order valence-electron chi connectivity index (χ1n) is 4.38. The van der Waals surface area contributed by atoms with E-state index in [0.717, 1.165) is 0 Å². The van der Waals surface area contributed by atoms with Gasteiger partial charge in [0.25, 0.3) is 0 Å². The van der Waals surface area contributed by atoms with Crippen LogP contribution in [0.15, 0.2) is 24.3 Å². The molecule has 0 saturated heterocycles. The van der Waals surface area contributed by atoms with Crippen LogP contribution in [0.1, 0.15) is 0 Å². The maximum Gasteiger partial charge on any atom is 0.194 e. The zero-order valence-corrected chi connectivity index (χ0v) is 10.4. The van der Waals surface area contributed by atoms with Crippen LogP contribution in [-0.2, 0) is 0 Å². The van der Waals surface area contributed by atoms with Crippen molar-refractivity contribution in [2.24, 2.45) is 0 Å². The summed E-state index contributed by atoms with van der Waals surface area (Å²) in [5.74, 6) is 0.00714. The van der Waals surface area contributed by atoms with Crippen molar-refractivity contribution < 1.29 is 9.13 Å². The molecule has 1 aromatic heterocycles. The molecule has 0 aliphatic rings. The Balaban J connectivity index is 2.31. The first-order valence-corrected chi connectivity index (χ1v) is 5.51. The number of rotatable bonds is 2. The maximum atomic E-state index is 12.9. The monoisotopic (exact) mass is 292 g/mol. The molecule has 0 aliphatic carbocycles. The van der Waals surface area contributed by atoms with E-state index in [9.17, 15) is 4.39 Å². The summed E-state index contributed by atoms with van der Waals surface area (Å²) in [6.07, 6.45) is 0. The van der Waals surface area contributed by atoms with Gasteiger partial charge in [0, 0.05) is 12.1 Å². The molecule has 0 saturated carbocycles. The second kappa shape index (κ2) is 5.04. The van der Waals surface area contributed by atoms with Crippen LogP contribution in [0.2, 0.25) is 15.3 Å². The summed E-state index contributed by atoms with van der Waals surface area (Å²) in [7, 11) is 0. The van der Waals surface area contributed by atoms with E-state index < -0.39 is 5.82 Å². The molecule has 7 heteroatoms. The molecule has 3 nitrogen and oxygen atoms in total. The first kappa shape index (κ1) is 12.4. The summed E-state index contributed by atoms with van der Waals surface area (Å²) in [5.41, 5.74) is 0. The fourth-order valence-corrected chi connectivity index (χ4v) is 1.51. The van der Waals surface area contributed by atoms with Gasteiger partial charge < -0.3 is 4.74 Å². The number of benzene rings is 1. The molecular formula is C10H4Cl3FN2O. The van der Waals surface area contributed by atoms with E-state index >= 15 is 0 Å². The molecule has 0 unspecified atom stereocenters. The summed E-state index contributed by atoms with van der Waals surface area (Å²) in [6.45, 7) is 0. The summed E-state index contributed by atoms with van der Waals surface area (Å²) in [5, 5.41) is 7.23. The van der Waals surface area contributed by atoms with Gasteiger partial charge in [-0.15, -0.1) is 10.2 Å². The average molecular weight is 294 g/mol. The molecule has 0 atom stereocenters. The Bertz CT molecular complexity index is 565. The maximum absolute atomic E-state index is 12.9. The van der Waals surface area contributed by atoms with Crippen molar-refractivity contribution in [2.45, 2.75) is 0 Å². The van der Waals surface area contributed by atoms with Gasteiger partial charge >= 0.3 is 0 Å². The molecule has 88 valence electrons. The topological polar surface area (TPSA) is 35.0 Å². The van der Waals surface area contributed by atoms with E-state index in [1.54, 1.807) is 0 Å². The Morgan fingerprint density at radius 1 is 1.06 bits per heavy atom. The molecule has 2 rings (SSSR count). The normalized spacial score (nSPS) is 10.4. The Kier molecular flexibility index (Phi) is 3.66. The molecular weight excluding hydrogens is 289 g/mol. The SMILES string of the molecule is Fc1ccc(Oc2cc(Cl)nnc2Cl)cc1Cl. The lowest BCUT2D eigenvalue weighted by atomic mass is 10.3. The van der Waals surface area contributed by atoms with Gasteiger partial charge in [-0.25, -0.2) is 4.39 Å². The van der Waals surface area contributed by atoms with Crippen LogP contribution in [0.25, 0.3) is 0 Å². The van der Waals surface area contributed by atoms with E-state index in [0.29, 0.717) is 5.75 Å². The Morgan fingerprint density at radius 2 is 1.82 bits per heavy atom. The quantitative estimate of drug-likeness (QED) is 0.824. The summed E-state index contributed by atoms with van der Waals surface area (Å²) in [4.78, 5) is 0. The second-order valence-electron chi connectivity index (χ2n) is 3.00. The number of hydrogen-bond acceptors (Lipinski definition) is 3. The smallest absolute Gasteiger partial charge is 0.194 e. The molecule has 1 heterocycles. The zero-order chi connectivity index (χ0) is 12.4. The van der Waals surface area contributed by atoms with Crippen molar-refractivity contribution in [3.05, 3.63) is 45.4 Å². The zero-order valence-electron chi connectivity index (χ0n) is 8.12. The van der Waals surface area contributed by atoms with Crippen LogP contribution in [0.3, 0.4) is 0 Å². The molecule has 0 bridgehead atoms. The third-order valence-corrected chi connectivity index (χ3v) is 2.54. The lowest BCUT2D eigenvalue weighted by Crippen LogP contribution is -1.91. The largest absolute Gasteiger partial charge is 0.454 e. The van der Waals surface area contributed by atoms with E-state index in [4.69, 9.17) is 39.5 Å². The fourth-order valence-electron chi connectivity index (χ4n) is 1.08. The molecule has 17 heavy (non-hydrogen) atoms. The first-order chi connectivity index (χ1) is 8.06. The van der Waals surface area contributed by atoms with Crippen LogP contribution >= 0.6 is 34.8 Å². The Hall–Kier alpha value is -1.10. The second-order valence-corrected chi connectivity index (χ2v) is 4.15. The van der Waals surface area contributed by atoms with Gasteiger partial charge in [0.1, 0.15) is 11.6 Å². The predicted octanol–water partition coefficient (Wildman–Crippen LogP) is 4.37. The van der Waals surface area contributed by atoms with Crippen LogP contribution in [0.5, 0.6) is 11.5 Å². The minimum atomic E-state index is -0.531. The van der Waals surface area contributed by atoms with E-state index in [1.165, 1.54) is 24.3 Å². The number of halogens is 4. The minimum Gasteiger partial charge on any atom is -0.454 e. The van der Waals surface area contributed by atoms with E-state index in [2.05, 4.69) is 10.2 Å². The van der Waals surface area contributed by atoms with Gasteiger partial charge in [0.2, 0.25) is 0 Å². The van der Waals surface area contributed by atoms with Gasteiger partial charge in [-0.3, -0.25) is 0 Å². The predicted molar refractivity (Wildman–Crippen MR) is 63.5 cm³/mol. The van der Waals surface area contributed by atoms with E-state index in [1.807, 2.05) is 0 Å².